The van der Waals surface area contributed by atoms with Gasteiger partial charge in [0.25, 0.3) is 5.91 Å². The molecule has 0 aliphatic heterocycles. The van der Waals surface area contributed by atoms with Crippen LogP contribution >= 0.6 is 22.9 Å². The van der Waals surface area contributed by atoms with E-state index in [1.54, 1.807) is 0 Å². The highest BCUT2D eigenvalue weighted by molar-refractivity contribution is 7.21. The molecular weight excluding hydrogens is 344 g/mol. The van der Waals surface area contributed by atoms with Crippen molar-refractivity contribution in [1.29, 1.82) is 0 Å². The summed E-state index contributed by atoms with van der Waals surface area (Å²) in [5.74, 6) is 0.0582. The van der Waals surface area contributed by atoms with Gasteiger partial charge in [0, 0.05) is 16.1 Å². The van der Waals surface area contributed by atoms with E-state index in [0.717, 1.165) is 29.3 Å². The molecule has 1 saturated carbocycles. The van der Waals surface area contributed by atoms with Crippen LogP contribution in [-0.2, 0) is 4.79 Å². The third-order valence-corrected chi connectivity index (χ3v) is 6.28. The number of carbonyl (C=O) groups is 2. The van der Waals surface area contributed by atoms with E-state index < -0.39 is 0 Å². The number of hydrogen-bond acceptors (Lipinski definition) is 3. The summed E-state index contributed by atoms with van der Waals surface area (Å²) in [7, 11) is 0. The van der Waals surface area contributed by atoms with Crippen LogP contribution in [0.3, 0.4) is 0 Å². The molecule has 3 rings (SSSR count). The summed E-state index contributed by atoms with van der Waals surface area (Å²) in [5.41, 5.74) is 0. The van der Waals surface area contributed by atoms with Crippen LogP contribution in [0.5, 0.6) is 0 Å². The van der Waals surface area contributed by atoms with Gasteiger partial charge in [-0.2, -0.15) is 0 Å². The van der Waals surface area contributed by atoms with Gasteiger partial charge >= 0.3 is 0 Å². The number of carbonyl (C=O) groups excluding carboxylic acids is 2. The average molecular weight is 365 g/mol. The Hall–Kier alpha value is -1.59. The maximum absolute atomic E-state index is 12.3. The molecule has 2 N–H and O–H groups in total. The molecule has 0 saturated heterocycles. The van der Waals surface area contributed by atoms with Gasteiger partial charge in [-0.1, -0.05) is 49.6 Å². The molecule has 2 atom stereocenters. The molecule has 128 valence electrons. The third kappa shape index (κ3) is 3.73. The van der Waals surface area contributed by atoms with Crippen molar-refractivity contribution in [1.82, 2.24) is 10.6 Å². The zero-order valence-electron chi connectivity index (χ0n) is 13.6. The van der Waals surface area contributed by atoms with E-state index in [1.807, 2.05) is 24.3 Å². The molecular formula is C18H21ClN2O2S. The molecule has 0 unspecified atom stereocenters. The molecule has 1 heterocycles. The van der Waals surface area contributed by atoms with E-state index in [2.05, 4.69) is 17.6 Å². The summed E-state index contributed by atoms with van der Waals surface area (Å²) in [5, 5.41) is 7.04. The molecule has 1 fully saturated rings. The second-order valence-electron chi connectivity index (χ2n) is 6.36. The Labute approximate surface area is 150 Å². The highest BCUT2D eigenvalue weighted by Gasteiger charge is 2.23. The number of halogens is 1. The fourth-order valence-electron chi connectivity index (χ4n) is 3.19. The molecule has 2 amide bonds. The second kappa shape index (κ2) is 7.53. The normalized spacial score (nSPS) is 20.8. The zero-order valence-corrected chi connectivity index (χ0v) is 15.2. The quantitative estimate of drug-likeness (QED) is 0.862. The van der Waals surface area contributed by atoms with E-state index in [4.69, 9.17) is 11.6 Å². The first-order chi connectivity index (χ1) is 11.6. The number of thiophene rings is 1. The summed E-state index contributed by atoms with van der Waals surface area (Å²) in [6.07, 6.45) is 4.55. The van der Waals surface area contributed by atoms with Gasteiger partial charge in [-0.3, -0.25) is 9.59 Å². The van der Waals surface area contributed by atoms with Gasteiger partial charge in [0.05, 0.1) is 11.6 Å². The number of rotatable bonds is 4. The standard InChI is InChI=1S/C18H21ClN2O2S/c1-11-6-2-4-8-13(11)21-15(22)10-20-18(23)17-16(19)12-7-3-5-9-14(12)24-17/h3,5,7,9,11,13H,2,4,6,8,10H2,1H3,(H,20,23)(H,21,22)/t11-,13+/m0/s1. The molecule has 4 nitrogen and oxygen atoms in total. The maximum Gasteiger partial charge on any atom is 0.263 e. The lowest BCUT2D eigenvalue weighted by Gasteiger charge is -2.29. The van der Waals surface area contributed by atoms with Crippen molar-refractivity contribution >= 4 is 44.8 Å². The van der Waals surface area contributed by atoms with Gasteiger partial charge in [-0.05, 0) is 24.8 Å². The highest BCUT2D eigenvalue weighted by atomic mass is 35.5. The molecule has 1 aromatic carbocycles. The Morgan fingerprint density at radius 2 is 2.00 bits per heavy atom. The Bertz CT molecular complexity index is 759. The maximum atomic E-state index is 12.3. The molecule has 0 radical (unpaired) electrons. The minimum atomic E-state index is -0.298. The van der Waals surface area contributed by atoms with Crippen molar-refractivity contribution < 1.29 is 9.59 Å². The van der Waals surface area contributed by atoms with Gasteiger partial charge < -0.3 is 10.6 Å². The predicted octanol–water partition coefficient (Wildman–Crippen LogP) is 3.98. The zero-order chi connectivity index (χ0) is 17.1. The molecule has 1 aliphatic carbocycles. The van der Waals surface area contributed by atoms with Crippen molar-refractivity contribution in [2.24, 2.45) is 5.92 Å². The third-order valence-electron chi connectivity index (χ3n) is 4.61. The van der Waals surface area contributed by atoms with Crippen LogP contribution in [0.15, 0.2) is 24.3 Å². The van der Waals surface area contributed by atoms with Crippen LogP contribution in [0.1, 0.15) is 42.3 Å². The lowest BCUT2D eigenvalue weighted by molar-refractivity contribution is -0.121. The number of benzene rings is 1. The largest absolute Gasteiger partial charge is 0.352 e. The number of hydrogen-bond donors (Lipinski definition) is 2. The minimum Gasteiger partial charge on any atom is -0.352 e. The summed E-state index contributed by atoms with van der Waals surface area (Å²) in [6.45, 7) is 2.15. The molecule has 1 aromatic heterocycles. The van der Waals surface area contributed by atoms with Crippen molar-refractivity contribution in [2.45, 2.75) is 38.6 Å². The van der Waals surface area contributed by atoms with Crippen LogP contribution in [0.2, 0.25) is 5.02 Å². The molecule has 0 spiro atoms. The number of fused-ring (bicyclic) bond motifs is 1. The van der Waals surface area contributed by atoms with Crippen molar-refractivity contribution in [3.05, 3.63) is 34.2 Å². The Kier molecular flexibility index (Phi) is 5.41. The first-order valence-corrected chi connectivity index (χ1v) is 9.50. The first kappa shape index (κ1) is 17.2. The van der Waals surface area contributed by atoms with Crippen LogP contribution in [0.4, 0.5) is 0 Å². The van der Waals surface area contributed by atoms with Crippen LogP contribution < -0.4 is 10.6 Å². The molecule has 2 aromatic rings. The van der Waals surface area contributed by atoms with E-state index in [1.165, 1.54) is 17.8 Å². The fraction of sp³-hybridized carbons (Fsp3) is 0.444. The van der Waals surface area contributed by atoms with Crippen molar-refractivity contribution in [3.63, 3.8) is 0 Å². The van der Waals surface area contributed by atoms with E-state index in [9.17, 15) is 9.59 Å². The average Bonchev–Trinajstić information content (AvgIpc) is 2.92. The van der Waals surface area contributed by atoms with Gasteiger partial charge in [0.1, 0.15) is 4.88 Å². The molecule has 1 aliphatic rings. The SMILES string of the molecule is C[C@H]1CCCC[C@H]1NC(=O)CNC(=O)c1sc2ccccc2c1Cl. The fourth-order valence-corrected chi connectivity index (χ4v) is 4.62. The lowest BCUT2D eigenvalue weighted by atomic mass is 9.86. The lowest BCUT2D eigenvalue weighted by Crippen LogP contribution is -2.45. The predicted molar refractivity (Wildman–Crippen MR) is 98.7 cm³/mol. The van der Waals surface area contributed by atoms with Gasteiger partial charge in [0.15, 0.2) is 0 Å². The monoisotopic (exact) mass is 364 g/mol. The number of amides is 2. The summed E-state index contributed by atoms with van der Waals surface area (Å²) in [4.78, 5) is 24.9. The van der Waals surface area contributed by atoms with E-state index in [0.29, 0.717) is 15.8 Å². The summed E-state index contributed by atoms with van der Waals surface area (Å²) < 4.78 is 0.966. The first-order valence-electron chi connectivity index (χ1n) is 8.31. The summed E-state index contributed by atoms with van der Waals surface area (Å²) in [6, 6.07) is 7.84. The Morgan fingerprint density at radius 3 is 2.75 bits per heavy atom. The Morgan fingerprint density at radius 1 is 1.25 bits per heavy atom. The van der Waals surface area contributed by atoms with Crippen LogP contribution in [-0.4, -0.2) is 24.4 Å². The molecule has 24 heavy (non-hydrogen) atoms. The van der Waals surface area contributed by atoms with Crippen molar-refractivity contribution in [2.75, 3.05) is 6.54 Å². The van der Waals surface area contributed by atoms with Gasteiger partial charge in [-0.25, -0.2) is 0 Å². The van der Waals surface area contributed by atoms with E-state index in [-0.39, 0.29) is 24.4 Å². The van der Waals surface area contributed by atoms with Crippen molar-refractivity contribution in [3.8, 4) is 0 Å². The van der Waals surface area contributed by atoms with Gasteiger partial charge in [0.2, 0.25) is 5.91 Å². The minimum absolute atomic E-state index is 0.0212. The Balaban J connectivity index is 1.58. The molecule has 0 bridgehead atoms. The summed E-state index contributed by atoms with van der Waals surface area (Å²) >= 11 is 7.64. The van der Waals surface area contributed by atoms with Crippen LogP contribution in [0.25, 0.3) is 10.1 Å². The van der Waals surface area contributed by atoms with Gasteiger partial charge in [-0.15, -0.1) is 11.3 Å². The van der Waals surface area contributed by atoms with Crippen LogP contribution in [0, 0.1) is 5.92 Å². The smallest absolute Gasteiger partial charge is 0.263 e. The van der Waals surface area contributed by atoms with E-state index >= 15 is 0 Å². The second-order valence-corrected chi connectivity index (χ2v) is 7.79. The highest BCUT2D eigenvalue weighted by Crippen LogP contribution is 2.34. The number of nitrogens with one attached hydrogen (secondary N) is 2. The molecule has 6 heteroatoms. The topological polar surface area (TPSA) is 58.2 Å².